The molecule has 0 saturated carbocycles. The number of aromatic nitrogens is 4. The van der Waals surface area contributed by atoms with Gasteiger partial charge in [0, 0.05) is 13.1 Å². The number of rotatable bonds is 2. The van der Waals surface area contributed by atoms with Gasteiger partial charge in [-0.25, -0.2) is 0 Å². The van der Waals surface area contributed by atoms with Crippen molar-refractivity contribution in [1.82, 2.24) is 20.4 Å². The van der Waals surface area contributed by atoms with E-state index in [0.29, 0.717) is 32.1 Å². The first kappa shape index (κ1) is 9.07. The fourth-order valence-corrected chi connectivity index (χ4v) is 1.35. The first-order valence-corrected chi connectivity index (χ1v) is 4.49. The molecule has 76 valence electrons. The van der Waals surface area contributed by atoms with Crippen molar-refractivity contribution in [2.45, 2.75) is 6.42 Å². The van der Waals surface area contributed by atoms with Gasteiger partial charge >= 0.3 is 5.82 Å². The van der Waals surface area contributed by atoms with Crippen molar-refractivity contribution < 1.29 is 14.6 Å². The van der Waals surface area contributed by atoms with Gasteiger partial charge < -0.3 is 9.64 Å². The van der Waals surface area contributed by atoms with Crippen molar-refractivity contribution in [1.29, 1.82) is 0 Å². The van der Waals surface area contributed by atoms with Crippen LogP contribution in [0.1, 0.15) is 5.82 Å². The minimum Gasteiger partial charge on any atom is -0.378 e. The summed E-state index contributed by atoms with van der Waals surface area (Å²) in [5, 5.41) is 12.3. The molecule has 2 N–H and O–H groups in total. The number of amides is 1. The molecule has 0 spiro atoms. The summed E-state index contributed by atoms with van der Waals surface area (Å²) in [5.41, 5.74) is 0. The predicted octanol–water partition coefficient (Wildman–Crippen LogP) is -1.98. The van der Waals surface area contributed by atoms with Crippen LogP contribution in [0.3, 0.4) is 0 Å². The fourth-order valence-electron chi connectivity index (χ4n) is 1.35. The highest BCUT2D eigenvalue weighted by Gasteiger charge is 2.20. The average molecular weight is 198 g/mol. The van der Waals surface area contributed by atoms with E-state index < -0.39 is 0 Å². The topological polar surface area (TPSA) is 85.2 Å². The van der Waals surface area contributed by atoms with Gasteiger partial charge in [-0.2, -0.15) is 5.10 Å². The monoisotopic (exact) mass is 198 g/mol. The molecule has 0 atom stereocenters. The van der Waals surface area contributed by atoms with Crippen molar-refractivity contribution in [3.8, 4) is 0 Å². The summed E-state index contributed by atoms with van der Waals surface area (Å²) in [6, 6.07) is 0. The van der Waals surface area contributed by atoms with Crippen LogP contribution in [0, 0.1) is 0 Å². The van der Waals surface area contributed by atoms with Gasteiger partial charge in [0.25, 0.3) is 0 Å². The molecular formula is C7H12N5O2+. The summed E-state index contributed by atoms with van der Waals surface area (Å²) in [6.45, 7) is 2.57. The molecule has 1 aromatic heterocycles. The molecule has 0 unspecified atom stereocenters. The van der Waals surface area contributed by atoms with Gasteiger partial charge in [-0.1, -0.05) is 5.21 Å². The second-order valence-electron chi connectivity index (χ2n) is 3.05. The third-order valence-electron chi connectivity index (χ3n) is 2.10. The molecule has 7 nitrogen and oxygen atoms in total. The third-order valence-corrected chi connectivity index (χ3v) is 2.10. The number of carbonyl (C=O) groups excluding carboxylic acids is 1. The largest absolute Gasteiger partial charge is 0.378 e. The summed E-state index contributed by atoms with van der Waals surface area (Å²) in [7, 11) is 0. The minimum absolute atomic E-state index is 0.0541. The molecule has 1 aliphatic rings. The molecule has 0 bridgehead atoms. The van der Waals surface area contributed by atoms with E-state index >= 15 is 0 Å². The van der Waals surface area contributed by atoms with Gasteiger partial charge in [-0.05, 0) is 0 Å². The van der Waals surface area contributed by atoms with E-state index in [2.05, 4.69) is 20.6 Å². The number of nitrogens with one attached hydrogen (secondary N) is 2. The summed E-state index contributed by atoms with van der Waals surface area (Å²) in [6.07, 6.45) is 0.260. The Morgan fingerprint density at radius 3 is 3.00 bits per heavy atom. The van der Waals surface area contributed by atoms with Crippen LogP contribution in [0.4, 0.5) is 0 Å². The van der Waals surface area contributed by atoms with E-state index in [4.69, 9.17) is 4.74 Å². The molecule has 0 aliphatic carbocycles. The summed E-state index contributed by atoms with van der Waals surface area (Å²) < 4.78 is 5.15. The maximum Gasteiger partial charge on any atom is 0.307 e. The maximum absolute atomic E-state index is 11.6. The van der Waals surface area contributed by atoms with E-state index in [1.165, 1.54) is 0 Å². The molecule has 14 heavy (non-hydrogen) atoms. The van der Waals surface area contributed by atoms with Crippen molar-refractivity contribution in [3.63, 3.8) is 0 Å². The maximum atomic E-state index is 11.6. The van der Waals surface area contributed by atoms with Crippen LogP contribution in [0.5, 0.6) is 0 Å². The second kappa shape index (κ2) is 4.14. The molecule has 1 aromatic rings. The van der Waals surface area contributed by atoms with Crippen LogP contribution >= 0.6 is 0 Å². The predicted molar refractivity (Wildman–Crippen MR) is 44.0 cm³/mol. The molecule has 1 amide bonds. The third kappa shape index (κ3) is 2.05. The van der Waals surface area contributed by atoms with Crippen molar-refractivity contribution in [2.24, 2.45) is 0 Å². The number of tetrazole rings is 1. The Balaban J connectivity index is 1.88. The molecule has 1 fully saturated rings. The molecule has 0 radical (unpaired) electrons. The molecule has 2 heterocycles. The quantitative estimate of drug-likeness (QED) is 0.596. The van der Waals surface area contributed by atoms with Gasteiger partial charge in [-0.3, -0.25) is 4.79 Å². The number of ether oxygens (including phenoxy) is 1. The Kier molecular flexibility index (Phi) is 2.68. The van der Waals surface area contributed by atoms with E-state index in [9.17, 15) is 4.79 Å². The number of aromatic amines is 2. The second-order valence-corrected chi connectivity index (χ2v) is 3.05. The molecule has 1 saturated heterocycles. The van der Waals surface area contributed by atoms with Gasteiger partial charge in [0.05, 0.1) is 13.2 Å². The van der Waals surface area contributed by atoms with E-state index in [-0.39, 0.29) is 12.3 Å². The lowest BCUT2D eigenvalue weighted by atomic mass is 10.3. The van der Waals surface area contributed by atoms with E-state index in [1.807, 2.05) is 0 Å². The van der Waals surface area contributed by atoms with Gasteiger partial charge in [0.2, 0.25) is 5.91 Å². The normalized spacial score (nSPS) is 17.0. The first-order chi connectivity index (χ1) is 6.86. The zero-order chi connectivity index (χ0) is 9.80. The number of morpholine rings is 1. The lowest BCUT2D eigenvalue weighted by Crippen LogP contribution is -2.42. The Hall–Kier alpha value is -1.50. The number of hydrogen-bond acceptors (Lipinski definition) is 4. The van der Waals surface area contributed by atoms with Gasteiger partial charge in [0.1, 0.15) is 11.5 Å². The Morgan fingerprint density at radius 1 is 1.57 bits per heavy atom. The van der Waals surface area contributed by atoms with Crippen molar-refractivity contribution in [3.05, 3.63) is 5.82 Å². The summed E-state index contributed by atoms with van der Waals surface area (Å²) in [5.74, 6) is 0.611. The molecule has 1 aliphatic heterocycles. The van der Waals surface area contributed by atoms with Crippen molar-refractivity contribution in [2.75, 3.05) is 26.3 Å². The minimum atomic E-state index is 0.0541. The SMILES string of the molecule is O=C(Cc1nn[nH][nH+]1)N1CCOCC1. The molecule has 2 rings (SSSR count). The lowest BCUT2D eigenvalue weighted by Gasteiger charge is -2.26. The van der Waals surface area contributed by atoms with Crippen LogP contribution in [0.25, 0.3) is 0 Å². The van der Waals surface area contributed by atoms with Gasteiger partial charge in [0.15, 0.2) is 5.21 Å². The highest BCUT2D eigenvalue weighted by molar-refractivity contribution is 5.77. The van der Waals surface area contributed by atoms with Gasteiger partial charge in [-0.15, -0.1) is 0 Å². The zero-order valence-corrected chi connectivity index (χ0v) is 7.69. The highest BCUT2D eigenvalue weighted by Crippen LogP contribution is 1.99. The van der Waals surface area contributed by atoms with E-state index in [0.717, 1.165) is 0 Å². The number of nitrogens with zero attached hydrogens (tertiary/aromatic N) is 3. The first-order valence-electron chi connectivity index (χ1n) is 4.49. The Labute approximate surface area is 80.4 Å². The molecule has 0 aromatic carbocycles. The van der Waals surface area contributed by atoms with Crippen LogP contribution in [0.2, 0.25) is 0 Å². The van der Waals surface area contributed by atoms with Crippen LogP contribution in [0.15, 0.2) is 0 Å². The number of hydrogen-bond donors (Lipinski definition) is 1. The number of carbonyl (C=O) groups is 1. The molecule has 7 heteroatoms. The molecular weight excluding hydrogens is 186 g/mol. The Morgan fingerprint density at radius 2 is 2.36 bits per heavy atom. The van der Waals surface area contributed by atoms with Crippen LogP contribution < -0.4 is 5.10 Å². The highest BCUT2D eigenvalue weighted by atomic mass is 16.5. The summed E-state index contributed by atoms with van der Waals surface area (Å²) >= 11 is 0. The smallest absolute Gasteiger partial charge is 0.307 e. The number of H-pyrrole nitrogens is 2. The summed E-state index contributed by atoms with van der Waals surface area (Å²) in [4.78, 5) is 13.4. The van der Waals surface area contributed by atoms with E-state index in [1.54, 1.807) is 4.90 Å². The van der Waals surface area contributed by atoms with Crippen LogP contribution in [-0.2, 0) is 16.0 Å². The lowest BCUT2D eigenvalue weighted by molar-refractivity contribution is -0.465. The van der Waals surface area contributed by atoms with Crippen molar-refractivity contribution >= 4 is 5.91 Å². The Bertz CT molecular complexity index is 293. The average Bonchev–Trinajstić information content (AvgIpc) is 2.72. The van der Waals surface area contributed by atoms with Crippen LogP contribution in [-0.4, -0.2) is 52.6 Å². The zero-order valence-electron chi connectivity index (χ0n) is 7.69. The fraction of sp³-hybridized carbons (Fsp3) is 0.714. The standard InChI is InChI=1S/C7H11N5O2/c13-7(5-6-8-10-11-9-6)12-1-3-14-4-2-12/h1-5H2,(H,8,9,10,11)/p+1.